The van der Waals surface area contributed by atoms with E-state index < -0.39 is 5.60 Å². The van der Waals surface area contributed by atoms with Crippen molar-refractivity contribution in [3.05, 3.63) is 0 Å². The molecule has 2 fully saturated rings. The maximum Gasteiger partial charge on any atom is 0.133 e. The molecular formula is C14H24O2. The van der Waals surface area contributed by atoms with Crippen LogP contribution in [-0.4, -0.2) is 16.5 Å². The van der Waals surface area contributed by atoms with Gasteiger partial charge in [0.15, 0.2) is 0 Å². The van der Waals surface area contributed by atoms with Gasteiger partial charge in [0.25, 0.3) is 0 Å². The van der Waals surface area contributed by atoms with Gasteiger partial charge in [-0.3, -0.25) is 4.79 Å². The van der Waals surface area contributed by atoms with Crippen molar-refractivity contribution in [2.24, 2.45) is 11.8 Å². The van der Waals surface area contributed by atoms with Crippen molar-refractivity contribution in [2.75, 3.05) is 0 Å². The summed E-state index contributed by atoms with van der Waals surface area (Å²) in [6.45, 7) is 2.24. The van der Waals surface area contributed by atoms with Gasteiger partial charge in [-0.2, -0.15) is 0 Å². The number of ketones is 1. The van der Waals surface area contributed by atoms with Gasteiger partial charge in [0.2, 0.25) is 0 Å². The molecule has 0 saturated heterocycles. The summed E-state index contributed by atoms with van der Waals surface area (Å²) >= 11 is 0. The minimum absolute atomic E-state index is 0.341. The molecule has 2 heteroatoms. The molecule has 92 valence electrons. The largest absolute Gasteiger partial charge is 0.390 e. The first-order valence-electron chi connectivity index (χ1n) is 6.90. The lowest BCUT2D eigenvalue weighted by atomic mass is 9.64. The minimum Gasteiger partial charge on any atom is -0.390 e. The van der Waals surface area contributed by atoms with Crippen LogP contribution >= 0.6 is 0 Å². The SMILES string of the molecule is CCC1CCCCC1C1(O)CCC(=O)CC1. The number of carbonyl (C=O) groups excluding carboxylic acids is 1. The summed E-state index contributed by atoms with van der Waals surface area (Å²) < 4.78 is 0. The van der Waals surface area contributed by atoms with Gasteiger partial charge in [-0.15, -0.1) is 0 Å². The molecule has 0 aromatic heterocycles. The fourth-order valence-corrected chi connectivity index (χ4v) is 3.74. The molecule has 2 rings (SSSR count). The Balaban J connectivity index is 2.05. The summed E-state index contributed by atoms with van der Waals surface area (Å²) in [4.78, 5) is 11.3. The van der Waals surface area contributed by atoms with Crippen molar-refractivity contribution in [1.82, 2.24) is 0 Å². The van der Waals surface area contributed by atoms with Gasteiger partial charge >= 0.3 is 0 Å². The highest BCUT2D eigenvalue weighted by Gasteiger charge is 2.43. The van der Waals surface area contributed by atoms with E-state index in [1.54, 1.807) is 0 Å². The van der Waals surface area contributed by atoms with Gasteiger partial charge in [0.1, 0.15) is 5.78 Å². The monoisotopic (exact) mass is 224 g/mol. The van der Waals surface area contributed by atoms with E-state index in [-0.39, 0.29) is 0 Å². The van der Waals surface area contributed by atoms with Crippen LogP contribution in [0, 0.1) is 11.8 Å². The normalized spacial score (nSPS) is 35.0. The number of aliphatic hydroxyl groups is 1. The smallest absolute Gasteiger partial charge is 0.133 e. The zero-order chi connectivity index (χ0) is 11.6. The lowest BCUT2D eigenvalue weighted by Gasteiger charge is -2.45. The van der Waals surface area contributed by atoms with Gasteiger partial charge in [0.05, 0.1) is 5.60 Å². The summed E-state index contributed by atoms with van der Waals surface area (Å²) in [5, 5.41) is 10.8. The fourth-order valence-electron chi connectivity index (χ4n) is 3.74. The summed E-state index contributed by atoms with van der Waals surface area (Å²) in [6, 6.07) is 0. The Kier molecular flexibility index (Phi) is 3.68. The predicted molar refractivity (Wildman–Crippen MR) is 64.2 cm³/mol. The molecule has 0 spiro atoms. The summed E-state index contributed by atoms with van der Waals surface area (Å²) in [5.74, 6) is 1.49. The molecule has 2 nitrogen and oxygen atoms in total. The van der Waals surface area contributed by atoms with E-state index in [0.29, 0.717) is 43.3 Å². The zero-order valence-electron chi connectivity index (χ0n) is 10.4. The van der Waals surface area contributed by atoms with E-state index in [1.807, 2.05) is 0 Å². The highest BCUT2D eigenvalue weighted by Crippen LogP contribution is 2.44. The number of hydrogen-bond acceptors (Lipinski definition) is 2. The standard InChI is InChI=1S/C14H24O2/c1-2-11-5-3-4-6-13(11)14(16)9-7-12(15)8-10-14/h11,13,16H,2-10H2,1H3. The molecule has 0 aromatic rings. The number of Topliss-reactive ketones (excluding diaryl/α,β-unsaturated/α-hetero) is 1. The molecule has 2 unspecified atom stereocenters. The maximum absolute atomic E-state index is 11.3. The number of carbonyl (C=O) groups is 1. The van der Waals surface area contributed by atoms with Crippen LogP contribution in [0.15, 0.2) is 0 Å². The van der Waals surface area contributed by atoms with Crippen LogP contribution in [-0.2, 0) is 4.79 Å². The van der Waals surface area contributed by atoms with Gasteiger partial charge in [0, 0.05) is 12.8 Å². The van der Waals surface area contributed by atoms with Crippen LogP contribution in [0.25, 0.3) is 0 Å². The average Bonchev–Trinajstić information content (AvgIpc) is 2.33. The van der Waals surface area contributed by atoms with E-state index in [9.17, 15) is 9.90 Å². The van der Waals surface area contributed by atoms with Gasteiger partial charge < -0.3 is 5.11 Å². The third-order valence-corrected chi connectivity index (χ3v) is 4.80. The van der Waals surface area contributed by atoms with Crippen molar-refractivity contribution >= 4 is 5.78 Å². The van der Waals surface area contributed by atoms with E-state index in [4.69, 9.17) is 0 Å². The first kappa shape index (κ1) is 12.1. The van der Waals surface area contributed by atoms with E-state index in [2.05, 4.69) is 6.92 Å². The second kappa shape index (κ2) is 4.87. The molecule has 2 aliphatic carbocycles. The van der Waals surface area contributed by atoms with E-state index in [1.165, 1.54) is 32.1 Å². The second-order valence-corrected chi connectivity index (χ2v) is 5.70. The van der Waals surface area contributed by atoms with Gasteiger partial charge in [-0.05, 0) is 31.1 Å². The molecule has 2 aliphatic rings. The Labute approximate surface area is 98.4 Å². The molecule has 16 heavy (non-hydrogen) atoms. The van der Waals surface area contributed by atoms with Crippen LogP contribution in [0.2, 0.25) is 0 Å². The Bertz CT molecular complexity index is 249. The molecule has 0 aliphatic heterocycles. The lowest BCUT2D eigenvalue weighted by Crippen LogP contribution is -2.46. The maximum atomic E-state index is 11.3. The van der Waals surface area contributed by atoms with Crippen molar-refractivity contribution in [2.45, 2.75) is 70.3 Å². The first-order valence-corrected chi connectivity index (χ1v) is 6.90. The quantitative estimate of drug-likeness (QED) is 0.782. The van der Waals surface area contributed by atoms with Gasteiger partial charge in [-0.1, -0.05) is 32.6 Å². The fraction of sp³-hybridized carbons (Fsp3) is 0.929. The van der Waals surface area contributed by atoms with Crippen molar-refractivity contribution in [3.8, 4) is 0 Å². The molecule has 0 heterocycles. The molecule has 0 aromatic carbocycles. The lowest BCUT2D eigenvalue weighted by molar-refractivity contribution is -0.132. The molecule has 0 amide bonds. The zero-order valence-corrected chi connectivity index (χ0v) is 10.4. The van der Waals surface area contributed by atoms with Crippen LogP contribution in [0.5, 0.6) is 0 Å². The number of hydrogen-bond donors (Lipinski definition) is 1. The Hall–Kier alpha value is -0.370. The van der Waals surface area contributed by atoms with E-state index in [0.717, 1.165) is 0 Å². The van der Waals surface area contributed by atoms with Crippen molar-refractivity contribution in [1.29, 1.82) is 0 Å². The van der Waals surface area contributed by atoms with Gasteiger partial charge in [-0.25, -0.2) is 0 Å². The van der Waals surface area contributed by atoms with Crippen LogP contribution in [0.4, 0.5) is 0 Å². The molecule has 2 saturated carbocycles. The highest BCUT2D eigenvalue weighted by atomic mass is 16.3. The van der Waals surface area contributed by atoms with E-state index >= 15 is 0 Å². The Morgan fingerprint density at radius 1 is 1.25 bits per heavy atom. The first-order chi connectivity index (χ1) is 7.65. The third-order valence-electron chi connectivity index (χ3n) is 4.80. The predicted octanol–water partition coefficient (Wildman–Crippen LogP) is 3.08. The third kappa shape index (κ3) is 2.32. The molecule has 0 bridgehead atoms. The summed E-state index contributed by atoms with van der Waals surface area (Å²) in [7, 11) is 0. The minimum atomic E-state index is -0.519. The highest BCUT2D eigenvalue weighted by molar-refractivity contribution is 5.79. The topological polar surface area (TPSA) is 37.3 Å². The van der Waals surface area contributed by atoms with Crippen LogP contribution < -0.4 is 0 Å². The van der Waals surface area contributed by atoms with Crippen LogP contribution in [0.3, 0.4) is 0 Å². The number of rotatable bonds is 2. The van der Waals surface area contributed by atoms with Crippen LogP contribution in [0.1, 0.15) is 64.7 Å². The summed E-state index contributed by atoms with van der Waals surface area (Å²) in [5.41, 5.74) is -0.519. The van der Waals surface area contributed by atoms with Crippen molar-refractivity contribution in [3.63, 3.8) is 0 Å². The average molecular weight is 224 g/mol. The Morgan fingerprint density at radius 3 is 2.50 bits per heavy atom. The molecule has 0 radical (unpaired) electrons. The molecule has 1 N–H and O–H groups in total. The summed E-state index contributed by atoms with van der Waals surface area (Å²) in [6.07, 6.45) is 8.84. The second-order valence-electron chi connectivity index (χ2n) is 5.70. The van der Waals surface area contributed by atoms with Crippen molar-refractivity contribution < 1.29 is 9.90 Å². The molecule has 2 atom stereocenters. The Morgan fingerprint density at radius 2 is 1.88 bits per heavy atom. The molecular weight excluding hydrogens is 200 g/mol.